The SMILES string of the molecule is CCCCCCCCCC(=O)N/N=C(/C)c1cccnc1. The van der Waals surface area contributed by atoms with Crippen molar-refractivity contribution in [1.29, 1.82) is 0 Å². The summed E-state index contributed by atoms with van der Waals surface area (Å²) < 4.78 is 0. The number of amides is 1. The number of pyridine rings is 1. The first kappa shape index (κ1) is 17.3. The van der Waals surface area contributed by atoms with Crippen LogP contribution in [0.1, 0.15) is 70.8 Å². The molecular formula is C17H27N3O. The second kappa shape index (κ2) is 11.0. The third kappa shape index (κ3) is 8.23. The molecule has 21 heavy (non-hydrogen) atoms. The summed E-state index contributed by atoms with van der Waals surface area (Å²) in [6.45, 7) is 4.09. The number of nitrogens with one attached hydrogen (secondary N) is 1. The van der Waals surface area contributed by atoms with E-state index in [1.807, 2.05) is 19.1 Å². The lowest BCUT2D eigenvalue weighted by molar-refractivity contribution is -0.121. The molecule has 0 aliphatic carbocycles. The zero-order valence-corrected chi connectivity index (χ0v) is 13.3. The molecule has 1 N–H and O–H groups in total. The fraction of sp³-hybridized carbons (Fsp3) is 0.588. The van der Waals surface area contributed by atoms with Crippen molar-refractivity contribution in [2.24, 2.45) is 5.10 Å². The van der Waals surface area contributed by atoms with Gasteiger partial charge in [-0.2, -0.15) is 5.10 Å². The van der Waals surface area contributed by atoms with Crippen LogP contribution < -0.4 is 5.43 Å². The van der Waals surface area contributed by atoms with Crippen LogP contribution in [0.5, 0.6) is 0 Å². The maximum Gasteiger partial charge on any atom is 0.240 e. The summed E-state index contributed by atoms with van der Waals surface area (Å²) in [4.78, 5) is 15.7. The van der Waals surface area contributed by atoms with Gasteiger partial charge in [0.2, 0.25) is 5.91 Å². The number of aromatic nitrogens is 1. The quantitative estimate of drug-likeness (QED) is 0.401. The van der Waals surface area contributed by atoms with Crippen molar-refractivity contribution >= 4 is 11.6 Å². The zero-order valence-electron chi connectivity index (χ0n) is 13.3. The molecule has 0 aliphatic rings. The monoisotopic (exact) mass is 289 g/mol. The van der Waals surface area contributed by atoms with E-state index in [1.165, 1.54) is 32.1 Å². The molecule has 0 aliphatic heterocycles. The van der Waals surface area contributed by atoms with E-state index in [0.29, 0.717) is 6.42 Å². The summed E-state index contributed by atoms with van der Waals surface area (Å²) in [5.74, 6) is -0.00759. The van der Waals surface area contributed by atoms with Gasteiger partial charge < -0.3 is 0 Å². The van der Waals surface area contributed by atoms with Gasteiger partial charge in [0.25, 0.3) is 0 Å². The summed E-state index contributed by atoms with van der Waals surface area (Å²) >= 11 is 0. The minimum Gasteiger partial charge on any atom is -0.273 e. The van der Waals surface area contributed by atoms with E-state index in [4.69, 9.17) is 0 Å². The van der Waals surface area contributed by atoms with Crippen molar-refractivity contribution in [3.63, 3.8) is 0 Å². The van der Waals surface area contributed by atoms with E-state index in [9.17, 15) is 4.79 Å². The standard InChI is InChI=1S/C17H27N3O/c1-3-4-5-6-7-8-9-12-17(21)20-19-15(2)16-11-10-13-18-14-16/h10-11,13-14H,3-9,12H2,1-2H3,(H,20,21)/b19-15-. The van der Waals surface area contributed by atoms with Crippen LogP contribution in [0.2, 0.25) is 0 Å². The zero-order chi connectivity index (χ0) is 15.3. The fourth-order valence-corrected chi connectivity index (χ4v) is 2.09. The molecule has 1 aromatic heterocycles. The summed E-state index contributed by atoms with van der Waals surface area (Å²) in [6.07, 6.45) is 12.5. The summed E-state index contributed by atoms with van der Waals surface area (Å²) in [5, 5.41) is 4.11. The Morgan fingerprint density at radius 1 is 1.19 bits per heavy atom. The van der Waals surface area contributed by atoms with Crippen LogP contribution in [0.4, 0.5) is 0 Å². The minimum atomic E-state index is -0.00759. The number of unbranched alkanes of at least 4 members (excludes halogenated alkanes) is 6. The van der Waals surface area contributed by atoms with Gasteiger partial charge in [0.15, 0.2) is 0 Å². The Kier molecular flexibility index (Phi) is 9.09. The number of rotatable bonds is 10. The van der Waals surface area contributed by atoms with Gasteiger partial charge in [0.05, 0.1) is 5.71 Å². The number of carbonyl (C=O) groups is 1. The van der Waals surface area contributed by atoms with Crippen LogP contribution in [0.3, 0.4) is 0 Å². The lowest BCUT2D eigenvalue weighted by atomic mass is 10.1. The van der Waals surface area contributed by atoms with Crippen molar-refractivity contribution < 1.29 is 4.79 Å². The van der Waals surface area contributed by atoms with E-state index in [-0.39, 0.29) is 5.91 Å². The summed E-state index contributed by atoms with van der Waals surface area (Å²) in [6, 6.07) is 3.78. The van der Waals surface area contributed by atoms with Gasteiger partial charge in [-0.25, -0.2) is 5.43 Å². The molecule has 0 atom stereocenters. The Labute approximate surface area is 128 Å². The molecule has 0 spiro atoms. The van der Waals surface area contributed by atoms with Crippen LogP contribution in [0.25, 0.3) is 0 Å². The van der Waals surface area contributed by atoms with Crippen LogP contribution in [-0.2, 0) is 4.79 Å². The predicted octanol–water partition coefficient (Wildman–Crippen LogP) is 4.06. The van der Waals surface area contributed by atoms with Gasteiger partial charge in [0.1, 0.15) is 0 Å². The van der Waals surface area contributed by atoms with Crippen molar-refractivity contribution in [2.45, 2.75) is 65.2 Å². The molecule has 1 heterocycles. The van der Waals surface area contributed by atoms with Crippen molar-refractivity contribution in [3.8, 4) is 0 Å². The first-order chi connectivity index (χ1) is 10.2. The highest BCUT2D eigenvalue weighted by Gasteiger charge is 2.01. The van der Waals surface area contributed by atoms with E-state index in [0.717, 1.165) is 24.1 Å². The maximum absolute atomic E-state index is 11.7. The molecule has 0 radical (unpaired) electrons. The Bertz CT molecular complexity index is 429. The minimum absolute atomic E-state index is 0.00759. The van der Waals surface area contributed by atoms with Crippen molar-refractivity contribution in [2.75, 3.05) is 0 Å². The van der Waals surface area contributed by atoms with Gasteiger partial charge in [-0.15, -0.1) is 0 Å². The molecule has 0 bridgehead atoms. The van der Waals surface area contributed by atoms with Crippen molar-refractivity contribution in [1.82, 2.24) is 10.4 Å². The van der Waals surface area contributed by atoms with Crippen molar-refractivity contribution in [3.05, 3.63) is 30.1 Å². The highest BCUT2D eigenvalue weighted by atomic mass is 16.2. The average molecular weight is 289 g/mol. The largest absolute Gasteiger partial charge is 0.273 e. The highest BCUT2D eigenvalue weighted by molar-refractivity contribution is 5.98. The normalized spacial score (nSPS) is 11.4. The average Bonchev–Trinajstić information content (AvgIpc) is 2.52. The van der Waals surface area contributed by atoms with Gasteiger partial charge in [-0.3, -0.25) is 9.78 Å². The molecule has 1 rings (SSSR count). The van der Waals surface area contributed by atoms with Gasteiger partial charge in [-0.05, 0) is 19.4 Å². The van der Waals surface area contributed by atoms with Gasteiger partial charge in [0, 0.05) is 24.4 Å². The molecule has 0 saturated heterocycles. The second-order valence-corrected chi connectivity index (χ2v) is 5.35. The molecule has 0 unspecified atom stereocenters. The summed E-state index contributed by atoms with van der Waals surface area (Å²) in [7, 11) is 0. The number of carbonyl (C=O) groups excluding carboxylic acids is 1. The third-order valence-electron chi connectivity index (χ3n) is 3.44. The molecule has 4 nitrogen and oxygen atoms in total. The Morgan fingerprint density at radius 2 is 1.90 bits per heavy atom. The van der Waals surface area contributed by atoms with E-state index in [2.05, 4.69) is 22.4 Å². The number of hydrazone groups is 1. The van der Waals surface area contributed by atoms with Crippen LogP contribution in [-0.4, -0.2) is 16.6 Å². The smallest absolute Gasteiger partial charge is 0.240 e. The lowest BCUT2D eigenvalue weighted by Gasteiger charge is -2.03. The molecule has 1 amide bonds. The molecule has 4 heteroatoms. The maximum atomic E-state index is 11.7. The first-order valence-corrected chi connectivity index (χ1v) is 7.97. The molecular weight excluding hydrogens is 262 g/mol. The summed E-state index contributed by atoms with van der Waals surface area (Å²) in [5.41, 5.74) is 4.31. The second-order valence-electron chi connectivity index (χ2n) is 5.35. The number of nitrogens with zero attached hydrogens (tertiary/aromatic N) is 2. The third-order valence-corrected chi connectivity index (χ3v) is 3.44. The van der Waals surface area contributed by atoms with Crippen LogP contribution in [0.15, 0.2) is 29.6 Å². The molecule has 0 fully saturated rings. The number of hydrogen-bond donors (Lipinski definition) is 1. The molecule has 0 aromatic carbocycles. The molecule has 116 valence electrons. The van der Waals surface area contributed by atoms with Gasteiger partial charge >= 0.3 is 0 Å². The Hall–Kier alpha value is -1.71. The Balaban J connectivity index is 2.14. The van der Waals surface area contributed by atoms with Crippen LogP contribution >= 0.6 is 0 Å². The molecule has 0 saturated carbocycles. The number of hydrogen-bond acceptors (Lipinski definition) is 3. The molecule has 1 aromatic rings. The fourth-order valence-electron chi connectivity index (χ4n) is 2.09. The van der Waals surface area contributed by atoms with E-state index < -0.39 is 0 Å². The van der Waals surface area contributed by atoms with Crippen LogP contribution in [0, 0.1) is 0 Å². The van der Waals surface area contributed by atoms with E-state index >= 15 is 0 Å². The Morgan fingerprint density at radius 3 is 2.57 bits per heavy atom. The lowest BCUT2D eigenvalue weighted by Crippen LogP contribution is -2.18. The van der Waals surface area contributed by atoms with Gasteiger partial charge in [-0.1, -0.05) is 51.5 Å². The topological polar surface area (TPSA) is 54.4 Å². The predicted molar refractivity (Wildman–Crippen MR) is 87.2 cm³/mol. The van der Waals surface area contributed by atoms with E-state index in [1.54, 1.807) is 12.4 Å². The first-order valence-electron chi connectivity index (χ1n) is 7.97. The highest BCUT2D eigenvalue weighted by Crippen LogP contribution is 2.08.